The van der Waals surface area contributed by atoms with Crippen molar-refractivity contribution >= 4 is 61.5 Å². The first-order chi connectivity index (χ1) is 22.8. The summed E-state index contributed by atoms with van der Waals surface area (Å²) >= 11 is 0. The molecule has 3 aromatic rings. The van der Waals surface area contributed by atoms with Gasteiger partial charge in [0.15, 0.2) is 52.6 Å². The molecule has 9 N–H and O–H groups in total. The summed E-state index contributed by atoms with van der Waals surface area (Å²) in [7, 11) is 0. The van der Waals surface area contributed by atoms with Crippen LogP contribution in [-0.2, 0) is 28.6 Å². The van der Waals surface area contributed by atoms with E-state index >= 15 is 0 Å². The number of para-hydroxylation sites is 3. The second-order valence-electron chi connectivity index (χ2n) is 9.99. The predicted molar refractivity (Wildman–Crippen MR) is 162 cm³/mol. The Morgan fingerprint density at radius 3 is 0.980 bits per heavy atom. The Morgan fingerprint density at radius 1 is 0.490 bits per heavy atom. The summed E-state index contributed by atoms with van der Waals surface area (Å²) in [4.78, 5) is 77.9. The summed E-state index contributed by atoms with van der Waals surface area (Å²) in [6, 6.07) is 4.64. The van der Waals surface area contributed by atoms with Crippen molar-refractivity contribution in [3.05, 3.63) is 71.3 Å². The molecule has 1 aliphatic rings. The molecule has 3 amide bonds. The third kappa shape index (κ3) is 8.95. The Hall–Kier alpha value is -5.85. The third-order valence-electron chi connectivity index (χ3n) is 6.72. The van der Waals surface area contributed by atoms with Gasteiger partial charge in [-0.15, -0.1) is 0 Å². The SMILES string of the molecule is O=C(N[C@H]1COC(=O)[C@@H](NC(=O)c2cccc(O)c2O)COC(=O)[C@@H](NC(=O)c2cccc(O)c2O)COC1=O)c1cccc(O)c1O.[In]. The van der Waals surface area contributed by atoms with Crippen molar-refractivity contribution < 1.29 is 73.6 Å². The zero-order valence-corrected chi connectivity index (χ0v) is 28.3. The maximum atomic E-state index is 13.1. The minimum Gasteiger partial charge on any atom is -0.504 e. The molecule has 1 heterocycles. The van der Waals surface area contributed by atoms with Crippen LogP contribution in [0, 0.1) is 0 Å². The van der Waals surface area contributed by atoms with E-state index in [9.17, 15) is 59.4 Å². The minimum absolute atomic E-state index is 0. The fraction of sp³-hybridized carbons (Fsp3) is 0.200. The van der Waals surface area contributed by atoms with Crippen molar-refractivity contribution in [2.45, 2.75) is 18.1 Å². The fourth-order valence-corrected chi connectivity index (χ4v) is 4.16. The van der Waals surface area contributed by atoms with Crippen LogP contribution in [0.3, 0.4) is 0 Å². The van der Waals surface area contributed by atoms with Gasteiger partial charge in [-0.3, -0.25) is 14.4 Å². The quantitative estimate of drug-likeness (QED) is 0.0813. The van der Waals surface area contributed by atoms with Crippen LogP contribution in [0.5, 0.6) is 34.5 Å². The van der Waals surface area contributed by atoms with E-state index in [-0.39, 0.29) is 25.8 Å². The average Bonchev–Trinajstić information content (AvgIpc) is 3.05. The number of ether oxygens (including phenoxy) is 3. The van der Waals surface area contributed by atoms with E-state index in [4.69, 9.17) is 14.2 Å². The van der Waals surface area contributed by atoms with E-state index in [2.05, 4.69) is 16.0 Å². The van der Waals surface area contributed by atoms with Crippen LogP contribution in [0.1, 0.15) is 31.1 Å². The molecule has 3 radical (unpaired) electrons. The number of carbonyl (C=O) groups is 6. The first-order valence-electron chi connectivity index (χ1n) is 13.7. The van der Waals surface area contributed by atoms with Crippen molar-refractivity contribution in [3.8, 4) is 34.5 Å². The largest absolute Gasteiger partial charge is 0.504 e. The number of amides is 3. The van der Waals surface area contributed by atoms with E-state index in [1.165, 1.54) is 18.2 Å². The van der Waals surface area contributed by atoms with Gasteiger partial charge in [-0.05, 0) is 36.4 Å². The summed E-state index contributed by atoms with van der Waals surface area (Å²) in [6.07, 6.45) is 0. The number of hydrogen-bond acceptors (Lipinski definition) is 15. The number of cyclic esters (lactones) is 3. The number of aromatic hydroxyl groups is 6. The molecule has 4 rings (SSSR count). The molecule has 0 aromatic heterocycles. The molecule has 0 spiro atoms. The van der Waals surface area contributed by atoms with Crippen molar-refractivity contribution in [1.82, 2.24) is 16.0 Å². The zero-order chi connectivity index (χ0) is 35.1. The number of hydrogen-bond donors (Lipinski definition) is 9. The van der Waals surface area contributed by atoms with Gasteiger partial charge in [0, 0.05) is 25.8 Å². The van der Waals surface area contributed by atoms with E-state index in [1.807, 2.05) is 0 Å². The molecule has 3 atom stereocenters. The summed E-state index contributed by atoms with van der Waals surface area (Å²) in [5.74, 6) is -11.9. The monoisotopic (exact) mass is 784 g/mol. The van der Waals surface area contributed by atoms with Gasteiger partial charge in [-0.25, -0.2) is 14.4 Å². The maximum Gasteiger partial charge on any atom is 0.332 e. The van der Waals surface area contributed by atoms with E-state index < -0.39 is 125 Å². The molecule has 0 bridgehead atoms. The second kappa shape index (κ2) is 16.3. The number of nitrogens with one attached hydrogen (secondary N) is 3. The number of phenols is 6. The van der Waals surface area contributed by atoms with Gasteiger partial charge in [0.2, 0.25) is 0 Å². The molecule has 1 fully saturated rings. The molecular weight excluding hydrogens is 757 g/mol. The van der Waals surface area contributed by atoms with Gasteiger partial charge in [0.25, 0.3) is 17.7 Å². The summed E-state index contributed by atoms with van der Waals surface area (Å²) < 4.78 is 15.3. The number of rotatable bonds is 6. The third-order valence-corrected chi connectivity index (χ3v) is 6.72. The van der Waals surface area contributed by atoms with Crippen LogP contribution in [0.25, 0.3) is 0 Å². The Labute approximate surface area is 294 Å². The van der Waals surface area contributed by atoms with E-state index in [0.717, 1.165) is 36.4 Å². The van der Waals surface area contributed by atoms with Gasteiger partial charge < -0.3 is 60.8 Å². The Balaban J connectivity index is 0.00000650. The molecule has 3 aromatic carbocycles. The van der Waals surface area contributed by atoms with E-state index in [0.29, 0.717) is 0 Å². The van der Waals surface area contributed by atoms with E-state index in [1.54, 1.807) is 0 Å². The molecule has 49 heavy (non-hydrogen) atoms. The average molecular weight is 784 g/mol. The first-order valence-corrected chi connectivity index (χ1v) is 13.7. The fourth-order valence-electron chi connectivity index (χ4n) is 4.16. The van der Waals surface area contributed by atoms with Gasteiger partial charge in [0.05, 0.1) is 16.7 Å². The van der Waals surface area contributed by atoms with Crippen LogP contribution < -0.4 is 16.0 Å². The smallest absolute Gasteiger partial charge is 0.332 e. The second-order valence-corrected chi connectivity index (χ2v) is 9.99. The van der Waals surface area contributed by atoms with Gasteiger partial charge in [-0.1, -0.05) is 18.2 Å². The zero-order valence-electron chi connectivity index (χ0n) is 25.0. The van der Waals surface area contributed by atoms with Crippen LogP contribution in [0.2, 0.25) is 0 Å². The Bertz CT molecular complexity index is 1580. The predicted octanol–water partition coefficient (Wildman–Crippen LogP) is -1.12. The summed E-state index contributed by atoms with van der Waals surface area (Å²) in [5.41, 5.74) is -1.47. The molecule has 1 saturated heterocycles. The number of carbonyl (C=O) groups excluding carboxylic acids is 6. The van der Waals surface area contributed by atoms with Crippen LogP contribution in [0.4, 0.5) is 0 Å². The standard InChI is InChI=1S/C30H27N3O15.In/c34-19-7-1-4-13(22(19)37)25(40)31-16-10-46-29(44)18(33-27(42)15-6-3-9-21(36)24(15)39)12-48-30(45)17(11-47-28(16)43)32-26(41)14-5-2-8-20(35)23(14)38;/h1-9,16-18,34-39H,10-12H2,(H,31,40)(H,32,41)(H,33,42);/t16-,17-,18-;/m0./s1. The molecular formula is C30H27InN3O15. The Morgan fingerprint density at radius 2 is 0.735 bits per heavy atom. The normalized spacial score (nSPS) is 18.1. The topological polar surface area (TPSA) is 288 Å². The molecule has 19 heteroatoms. The van der Waals surface area contributed by atoms with Crippen LogP contribution in [0.15, 0.2) is 54.6 Å². The van der Waals surface area contributed by atoms with Crippen LogP contribution >= 0.6 is 0 Å². The van der Waals surface area contributed by atoms with Crippen LogP contribution in [-0.4, -0.2) is 130 Å². The number of esters is 3. The van der Waals surface area contributed by atoms with Gasteiger partial charge >= 0.3 is 17.9 Å². The molecule has 0 aliphatic carbocycles. The summed E-state index contributed by atoms with van der Waals surface area (Å²) in [5, 5.41) is 65.9. The number of benzene rings is 3. The molecule has 0 unspecified atom stereocenters. The Kier molecular flexibility index (Phi) is 12.5. The molecule has 1 aliphatic heterocycles. The molecule has 255 valence electrons. The first kappa shape index (κ1) is 37.6. The van der Waals surface area contributed by atoms with Crippen molar-refractivity contribution in [2.24, 2.45) is 0 Å². The number of phenolic OH excluding ortho intramolecular Hbond substituents is 6. The maximum absolute atomic E-state index is 13.1. The minimum atomic E-state index is -1.84. The van der Waals surface area contributed by atoms with Gasteiger partial charge in [-0.2, -0.15) is 0 Å². The van der Waals surface area contributed by atoms with Gasteiger partial charge in [0.1, 0.15) is 19.8 Å². The molecule has 0 saturated carbocycles. The van der Waals surface area contributed by atoms with Crippen molar-refractivity contribution in [2.75, 3.05) is 19.8 Å². The molecule has 18 nitrogen and oxygen atoms in total. The van der Waals surface area contributed by atoms with Crippen molar-refractivity contribution in [3.63, 3.8) is 0 Å². The summed E-state index contributed by atoms with van der Waals surface area (Å²) in [6.45, 7) is -2.85. The van der Waals surface area contributed by atoms with Crippen molar-refractivity contribution in [1.29, 1.82) is 0 Å².